The molecule has 1 aromatic heterocycles. The lowest BCUT2D eigenvalue weighted by Gasteiger charge is -2.36. The van der Waals surface area contributed by atoms with Gasteiger partial charge < -0.3 is 10.0 Å². The third kappa shape index (κ3) is 2.66. The molecular formula is C13H15N3O2S. The van der Waals surface area contributed by atoms with E-state index < -0.39 is 0 Å². The van der Waals surface area contributed by atoms with Crippen LogP contribution in [0.3, 0.4) is 0 Å². The van der Waals surface area contributed by atoms with Crippen LogP contribution in [0.2, 0.25) is 0 Å². The van der Waals surface area contributed by atoms with Gasteiger partial charge in [0.1, 0.15) is 10.5 Å². The van der Waals surface area contributed by atoms with Gasteiger partial charge in [-0.2, -0.15) is 5.26 Å². The van der Waals surface area contributed by atoms with Gasteiger partial charge in [0.05, 0.1) is 17.8 Å². The molecule has 6 heteroatoms. The summed E-state index contributed by atoms with van der Waals surface area (Å²) in [6.45, 7) is 1.07. The standard InChI is InChI=1S/C13H15N3O2S/c1-19-13(9-14)3-6-16(7-4-13)12(18)10-2-5-15-8-11(10)17/h2,5,8,17H,3-4,6-7H2,1H3. The van der Waals surface area contributed by atoms with Gasteiger partial charge in [-0.25, -0.2) is 0 Å². The van der Waals surface area contributed by atoms with Crippen molar-refractivity contribution in [2.45, 2.75) is 17.6 Å². The molecule has 0 spiro atoms. The lowest BCUT2D eigenvalue weighted by Crippen LogP contribution is -2.44. The van der Waals surface area contributed by atoms with E-state index in [0.717, 1.165) is 0 Å². The van der Waals surface area contributed by atoms with Gasteiger partial charge in [-0.15, -0.1) is 11.8 Å². The number of likely N-dealkylation sites (tertiary alicyclic amines) is 1. The van der Waals surface area contributed by atoms with Crippen LogP contribution in [-0.4, -0.2) is 45.0 Å². The van der Waals surface area contributed by atoms with Crippen LogP contribution in [0.1, 0.15) is 23.2 Å². The quantitative estimate of drug-likeness (QED) is 0.889. The van der Waals surface area contributed by atoms with Gasteiger partial charge in [0.2, 0.25) is 0 Å². The van der Waals surface area contributed by atoms with E-state index in [9.17, 15) is 15.2 Å². The fourth-order valence-electron chi connectivity index (χ4n) is 2.17. The van der Waals surface area contributed by atoms with E-state index >= 15 is 0 Å². The van der Waals surface area contributed by atoms with Crippen LogP contribution in [-0.2, 0) is 0 Å². The van der Waals surface area contributed by atoms with Gasteiger partial charge in [-0.05, 0) is 25.2 Å². The number of hydrogen-bond donors (Lipinski definition) is 1. The summed E-state index contributed by atoms with van der Waals surface area (Å²) in [6.07, 6.45) is 5.98. The highest BCUT2D eigenvalue weighted by Crippen LogP contribution is 2.34. The van der Waals surface area contributed by atoms with E-state index in [1.165, 1.54) is 18.5 Å². The SMILES string of the molecule is CSC1(C#N)CCN(C(=O)c2ccncc2O)CC1. The lowest BCUT2D eigenvalue weighted by atomic mass is 9.96. The van der Waals surface area contributed by atoms with Gasteiger partial charge in [0.25, 0.3) is 5.91 Å². The van der Waals surface area contributed by atoms with E-state index in [1.807, 2.05) is 6.26 Å². The Hall–Kier alpha value is -1.74. The summed E-state index contributed by atoms with van der Waals surface area (Å²) in [5.41, 5.74) is 0.267. The monoisotopic (exact) mass is 277 g/mol. The average molecular weight is 277 g/mol. The zero-order valence-electron chi connectivity index (χ0n) is 10.7. The number of nitrogens with zero attached hydrogens (tertiary/aromatic N) is 3. The smallest absolute Gasteiger partial charge is 0.257 e. The lowest BCUT2D eigenvalue weighted by molar-refractivity contribution is 0.0713. The molecule has 1 amide bonds. The zero-order valence-corrected chi connectivity index (χ0v) is 11.5. The van der Waals surface area contributed by atoms with E-state index in [2.05, 4.69) is 11.1 Å². The summed E-state index contributed by atoms with van der Waals surface area (Å²) in [6, 6.07) is 3.86. The fraction of sp³-hybridized carbons (Fsp3) is 0.462. The molecule has 0 aromatic carbocycles. The highest BCUT2D eigenvalue weighted by molar-refractivity contribution is 8.00. The van der Waals surface area contributed by atoms with Crippen LogP contribution in [0.5, 0.6) is 5.75 Å². The van der Waals surface area contributed by atoms with Gasteiger partial charge in [0.15, 0.2) is 0 Å². The first kappa shape index (κ1) is 13.7. The van der Waals surface area contributed by atoms with Crippen LogP contribution >= 0.6 is 11.8 Å². The number of amides is 1. The number of aromatic hydroxyl groups is 1. The summed E-state index contributed by atoms with van der Waals surface area (Å²) in [5.74, 6) is -0.304. The number of piperidine rings is 1. The molecule has 5 nitrogen and oxygen atoms in total. The number of carbonyl (C=O) groups is 1. The molecule has 0 saturated carbocycles. The molecule has 1 saturated heterocycles. The Kier molecular flexibility index (Phi) is 3.96. The van der Waals surface area contributed by atoms with Gasteiger partial charge in [-0.1, -0.05) is 0 Å². The molecule has 0 bridgehead atoms. The van der Waals surface area contributed by atoms with Crippen LogP contribution in [0.15, 0.2) is 18.5 Å². The molecule has 0 atom stereocenters. The summed E-state index contributed by atoms with van der Waals surface area (Å²) in [7, 11) is 0. The number of thioether (sulfide) groups is 1. The minimum Gasteiger partial charge on any atom is -0.505 e. The van der Waals surface area contributed by atoms with E-state index in [4.69, 9.17) is 0 Å². The van der Waals surface area contributed by atoms with E-state index in [1.54, 1.807) is 16.7 Å². The Morgan fingerprint density at radius 2 is 2.26 bits per heavy atom. The molecule has 1 N–H and O–H groups in total. The Balaban J connectivity index is 2.09. The largest absolute Gasteiger partial charge is 0.505 e. The summed E-state index contributed by atoms with van der Waals surface area (Å²) >= 11 is 1.55. The molecule has 1 aliphatic heterocycles. The van der Waals surface area contributed by atoms with Gasteiger partial charge in [-0.3, -0.25) is 9.78 Å². The number of hydrogen-bond acceptors (Lipinski definition) is 5. The second kappa shape index (κ2) is 5.49. The second-order valence-corrected chi connectivity index (χ2v) is 5.68. The number of carbonyl (C=O) groups excluding carboxylic acids is 1. The van der Waals surface area contributed by atoms with Crippen LogP contribution in [0.25, 0.3) is 0 Å². The minimum absolute atomic E-state index is 0.102. The van der Waals surface area contributed by atoms with Crippen molar-refractivity contribution < 1.29 is 9.90 Å². The Bertz CT molecular complexity index is 519. The van der Waals surface area contributed by atoms with Crippen molar-refractivity contribution in [1.82, 2.24) is 9.88 Å². The number of rotatable bonds is 2. The average Bonchev–Trinajstić information content (AvgIpc) is 2.47. The van der Waals surface area contributed by atoms with Crippen molar-refractivity contribution >= 4 is 17.7 Å². The fourth-order valence-corrected chi connectivity index (χ4v) is 2.85. The topological polar surface area (TPSA) is 77.2 Å². The van der Waals surface area contributed by atoms with Crippen LogP contribution < -0.4 is 0 Å². The molecule has 1 aliphatic rings. The molecule has 2 heterocycles. The number of aromatic nitrogens is 1. The van der Waals surface area contributed by atoms with Gasteiger partial charge >= 0.3 is 0 Å². The molecule has 0 unspecified atom stereocenters. The summed E-state index contributed by atoms with van der Waals surface area (Å²) < 4.78 is -0.378. The van der Waals surface area contributed by atoms with Crippen molar-refractivity contribution in [3.05, 3.63) is 24.0 Å². The number of pyridine rings is 1. The predicted octanol–water partition coefficient (Wildman–Crippen LogP) is 1.65. The maximum atomic E-state index is 12.3. The third-order valence-electron chi connectivity index (χ3n) is 3.48. The molecular weight excluding hydrogens is 262 g/mol. The van der Waals surface area contributed by atoms with Crippen molar-refractivity contribution in [3.8, 4) is 11.8 Å². The second-order valence-electron chi connectivity index (χ2n) is 4.50. The molecule has 0 aliphatic carbocycles. The Morgan fingerprint density at radius 3 is 2.79 bits per heavy atom. The highest BCUT2D eigenvalue weighted by atomic mass is 32.2. The van der Waals surface area contributed by atoms with E-state index in [-0.39, 0.29) is 22.0 Å². The highest BCUT2D eigenvalue weighted by Gasteiger charge is 2.35. The maximum Gasteiger partial charge on any atom is 0.257 e. The first-order chi connectivity index (χ1) is 9.12. The Morgan fingerprint density at radius 1 is 1.58 bits per heavy atom. The molecule has 0 radical (unpaired) electrons. The van der Waals surface area contributed by atoms with E-state index in [0.29, 0.717) is 25.9 Å². The van der Waals surface area contributed by atoms with Crippen molar-refractivity contribution in [2.75, 3.05) is 19.3 Å². The summed E-state index contributed by atoms with van der Waals surface area (Å²) in [4.78, 5) is 17.7. The summed E-state index contributed by atoms with van der Waals surface area (Å²) in [5, 5.41) is 18.8. The molecule has 2 rings (SSSR count). The van der Waals surface area contributed by atoms with Crippen LogP contribution in [0, 0.1) is 11.3 Å². The predicted molar refractivity (Wildman–Crippen MR) is 72.9 cm³/mol. The Labute approximate surface area is 116 Å². The van der Waals surface area contributed by atoms with Gasteiger partial charge in [0, 0.05) is 19.3 Å². The van der Waals surface area contributed by atoms with Crippen molar-refractivity contribution in [2.24, 2.45) is 0 Å². The number of nitriles is 1. The van der Waals surface area contributed by atoms with Crippen molar-refractivity contribution in [3.63, 3.8) is 0 Å². The third-order valence-corrected chi connectivity index (χ3v) is 4.76. The molecule has 1 fully saturated rings. The maximum absolute atomic E-state index is 12.3. The zero-order chi connectivity index (χ0) is 13.9. The van der Waals surface area contributed by atoms with Crippen molar-refractivity contribution in [1.29, 1.82) is 5.26 Å². The normalized spacial score (nSPS) is 17.8. The van der Waals surface area contributed by atoms with Crippen LogP contribution in [0.4, 0.5) is 0 Å². The molecule has 100 valence electrons. The molecule has 1 aromatic rings. The minimum atomic E-state index is -0.378. The first-order valence-electron chi connectivity index (χ1n) is 6.00. The first-order valence-corrected chi connectivity index (χ1v) is 7.23. The molecule has 19 heavy (non-hydrogen) atoms.